The molecule has 0 aliphatic carbocycles. The predicted molar refractivity (Wildman–Crippen MR) is 61.4 cm³/mol. The van der Waals surface area contributed by atoms with Crippen LogP contribution in [0.3, 0.4) is 0 Å². The number of hydrogen-bond acceptors (Lipinski definition) is 2. The quantitative estimate of drug-likeness (QED) is 0.835. The zero-order valence-electron chi connectivity index (χ0n) is 8.76. The zero-order chi connectivity index (χ0) is 11.4. The first-order valence-corrected chi connectivity index (χ1v) is 5.36. The summed E-state index contributed by atoms with van der Waals surface area (Å²) < 4.78 is 13.7. The van der Waals surface area contributed by atoms with Crippen LogP contribution in [0.15, 0.2) is 12.1 Å². The van der Waals surface area contributed by atoms with Gasteiger partial charge in [-0.15, -0.1) is 0 Å². The fourth-order valence-corrected chi connectivity index (χ4v) is 1.79. The summed E-state index contributed by atoms with van der Waals surface area (Å²) in [6, 6.07) is 2.95. The van der Waals surface area contributed by atoms with Crippen LogP contribution in [0.1, 0.15) is 30.0 Å². The van der Waals surface area contributed by atoms with E-state index in [2.05, 4.69) is 0 Å². The standard InChI is InChI=1S/C11H16ClFN2/c1-7-4-5-8(12)10(11(7)13)9(15)3-2-6-14/h4-5,9H,2-3,6,14-15H2,1H3/t9-/m0/s1. The molecule has 2 nitrogen and oxygen atoms in total. The molecule has 0 saturated carbocycles. The van der Waals surface area contributed by atoms with Crippen molar-refractivity contribution >= 4 is 11.6 Å². The van der Waals surface area contributed by atoms with Gasteiger partial charge in [-0.3, -0.25) is 0 Å². The lowest BCUT2D eigenvalue weighted by molar-refractivity contribution is 0.548. The van der Waals surface area contributed by atoms with Crippen LogP contribution in [0.2, 0.25) is 5.02 Å². The predicted octanol–water partition coefficient (Wildman–Crippen LogP) is 2.53. The second-order valence-corrected chi connectivity index (χ2v) is 4.04. The first kappa shape index (κ1) is 12.4. The van der Waals surface area contributed by atoms with E-state index in [1.807, 2.05) is 0 Å². The summed E-state index contributed by atoms with van der Waals surface area (Å²) in [5.41, 5.74) is 12.2. The number of aryl methyl sites for hydroxylation is 1. The lowest BCUT2D eigenvalue weighted by Crippen LogP contribution is -2.15. The van der Waals surface area contributed by atoms with E-state index in [1.54, 1.807) is 19.1 Å². The summed E-state index contributed by atoms with van der Waals surface area (Å²) in [4.78, 5) is 0. The molecule has 0 fully saturated rings. The average molecular weight is 231 g/mol. The van der Waals surface area contributed by atoms with Crippen molar-refractivity contribution in [2.75, 3.05) is 6.54 Å². The summed E-state index contributed by atoms with van der Waals surface area (Å²) in [5, 5.41) is 0.391. The second-order valence-electron chi connectivity index (χ2n) is 3.63. The van der Waals surface area contributed by atoms with Gasteiger partial charge in [0.05, 0.1) is 0 Å². The molecule has 0 saturated heterocycles. The van der Waals surface area contributed by atoms with Crippen LogP contribution in [0.25, 0.3) is 0 Å². The summed E-state index contributed by atoms with van der Waals surface area (Å²) in [6.45, 7) is 2.25. The average Bonchev–Trinajstić information content (AvgIpc) is 2.21. The van der Waals surface area contributed by atoms with Crippen molar-refractivity contribution in [3.63, 3.8) is 0 Å². The Balaban J connectivity index is 2.96. The van der Waals surface area contributed by atoms with E-state index in [0.717, 1.165) is 6.42 Å². The van der Waals surface area contributed by atoms with Crippen molar-refractivity contribution in [1.29, 1.82) is 0 Å². The van der Waals surface area contributed by atoms with E-state index >= 15 is 0 Å². The monoisotopic (exact) mass is 230 g/mol. The van der Waals surface area contributed by atoms with Gasteiger partial charge >= 0.3 is 0 Å². The van der Waals surface area contributed by atoms with E-state index in [-0.39, 0.29) is 11.9 Å². The van der Waals surface area contributed by atoms with Crippen molar-refractivity contribution in [2.24, 2.45) is 11.5 Å². The zero-order valence-corrected chi connectivity index (χ0v) is 9.52. The van der Waals surface area contributed by atoms with Crippen molar-refractivity contribution in [3.8, 4) is 0 Å². The highest BCUT2D eigenvalue weighted by molar-refractivity contribution is 6.31. The molecule has 1 rings (SSSR count). The lowest BCUT2D eigenvalue weighted by Gasteiger charge is -2.15. The maximum Gasteiger partial charge on any atom is 0.132 e. The highest BCUT2D eigenvalue weighted by atomic mass is 35.5. The Morgan fingerprint density at radius 1 is 1.47 bits per heavy atom. The van der Waals surface area contributed by atoms with E-state index in [9.17, 15) is 4.39 Å². The summed E-state index contributed by atoms with van der Waals surface area (Å²) in [7, 11) is 0. The Morgan fingerprint density at radius 3 is 2.73 bits per heavy atom. The van der Waals surface area contributed by atoms with E-state index in [0.29, 0.717) is 29.1 Å². The second kappa shape index (κ2) is 5.45. The number of halogens is 2. The van der Waals surface area contributed by atoms with Crippen LogP contribution in [0, 0.1) is 12.7 Å². The largest absolute Gasteiger partial charge is 0.330 e. The van der Waals surface area contributed by atoms with Crippen molar-refractivity contribution in [1.82, 2.24) is 0 Å². The Kier molecular flexibility index (Phi) is 4.51. The SMILES string of the molecule is Cc1ccc(Cl)c([C@@H](N)CCCN)c1F. The highest BCUT2D eigenvalue weighted by Gasteiger charge is 2.16. The molecule has 4 heteroatoms. The molecule has 0 unspecified atom stereocenters. The molecule has 0 heterocycles. The van der Waals surface area contributed by atoms with Gasteiger partial charge in [-0.1, -0.05) is 17.7 Å². The van der Waals surface area contributed by atoms with Crippen LogP contribution < -0.4 is 11.5 Å². The molecule has 0 amide bonds. The van der Waals surface area contributed by atoms with Crippen LogP contribution in [-0.4, -0.2) is 6.54 Å². The third kappa shape index (κ3) is 2.91. The summed E-state index contributed by atoms with van der Waals surface area (Å²) in [6.07, 6.45) is 1.42. The van der Waals surface area contributed by atoms with Gasteiger partial charge in [0.1, 0.15) is 5.82 Å². The molecule has 0 aromatic heterocycles. The van der Waals surface area contributed by atoms with Gasteiger partial charge in [0.25, 0.3) is 0 Å². The van der Waals surface area contributed by atoms with Gasteiger partial charge in [-0.2, -0.15) is 0 Å². The molecule has 4 N–H and O–H groups in total. The molecule has 1 aromatic carbocycles. The molecule has 1 atom stereocenters. The first-order valence-electron chi connectivity index (χ1n) is 4.98. The number of rotatable bonds is 4. The highest BCUT2D eigenvalue weighted by Crippen LogP contribution is 2.28. The van der Waals surface area contributed by atoms with Gasteiger partial charge in [0, 0.05) is 16.6 Å². The third-order valence-electron chi connectivity index (χ3n) is 2.41. The molecule has 0 bridgehead atoms. The third-order valence-corrected chi connectivity index (χ3v) is 2.74. The normalized spacial score (nSPS) is 12.9. The minimum atomic E-state index is -0.374. The van der Waals surface area contributed by atoms with Gasteiger partial charge in [0.15, 0.2) is 0 Å². The molecule has 0 aliphatic rings. The Hall–Kier alpha value is -0.640. The summed E-state index contributed by atoms with van der Waals surface area (Å²) in [5.74, 6) is -0.299. The Bertz CT molecular complexity index is 342. The number of benzene rings is 1. The molecule has 84 valence electrons. The van der Waals surface area contributed by atoms with Gasteiger partial charge in [-0.05, 0) is 37.9 Å². The van der Waals surface area contributed by atoms with Crippen molar-refractivity contribution < 1.29 is 4.39 Å². The fraction of sp³-hybridized carbons (Fsp3) is 0.455. The van der Waals surface area contributed by atoms with Gasteiger partial charge in [0.2, 0.25) is 0 Å². The maximum absolute atomic E-state index is 13.7. The molecular formula is C11H16ClFN2. The maximum atomic E-state index is 13.7. The fourth-order valence-electron chi connectivity index (χ4n) is 1.50. The van der Waals surface area contributed by atoms with Crippen molar-refractivity contribution in [2.45, 2.75) is 25.8 Å². The molecule has 0 spiro atoms. The molecule has 15 heavy (non-hydrogen) atoms. The van der Waals surface area contributed by atoms with Crippen LogP contribution in [0.4, 0.5) is 4.39 Å². The summed E-state index contributed by atoms with van der Waals surface area (Å²) >= 11 is 5.92. The minimum absolute atomic E-state index is 0.299. The van der Waals surface area contributed by atoms with Crippen LogP contribution >= 0.6 is 11.6 Å². The Morgan fingerprint density at radius 2 is 2.13 bits per heavy atom. The Labute approximate surface area is 94.4 Å². The smallest absolute Gasteiger partial charge is 0.132 e. The number of hydrogen-bond donors (Lipinski definition) is 2. The topological polar surface area (TPSA) is 52.0 Å². The molecule has 0 aliphatic heterocycles. The van der Waals surface area contributed by atoms with Gasteiger partial charge < -0.3 is 11.5 Å². The molecular weight excluding hydrogens is 215 g/mol. The molecule has 1 aromatic rings. The minimum Gasteiger partial charge on any atom is -0.330 e. The lowest BCUT2D eigenvalue weighted by atomic mass is 10.00. The van der Waals surface area contributed by atoms with E-state index in [4.69, 9.17) is 23.1 Å². The van der Waals surface area contributed by atoms with Crippen molar-refractivity contribution in [3.05, 3.63) is 34.1 Å². The molecule has 0 radical (unpaired) electrons. The van der Waals surface area contributed by atoms with Gasteiger partial charge in [-0.25, -0.2) is 4.39 Å². The van der Waals surface area contributed by atoms with E-state index < -0.39 is 0 Å². The first-order chi connectivity index (χ1) is 7.07. The number of nitrogens with two attached hydrogens (primary N) is 2. The van der Waals surface area contributed by atoms with Crippen LogP contribution in [-0.2, 0) is 0 Å². The van der Waals surface area contributed by atoms with Crippen LogP contribution in [0.5, 0.6) is 0 Å². The van der Waals surface area contributed by atoms with E-state index in [1.165, 1.54) is 0 Å².